The van der Waals surface area contributed by atoms with Crippen molar-refractivity contribution < 1.29 is 4.57 Å². The van der Waals surface area contributed by atoms with Gasteiger partial charge in [0.25, 0.3) is 0 Å². The zero-order chi connectivity index (χ0) is 38.6. The van der Waals surface area contributed by atoms with Crippen molar-refractivity contribution in [3.05, 3.63) is 206 Å². The average molecular weight is 760 g/mol. The SMILES string of the molecule is O=P(c1ccccc1)(c1ccccc1)c1cccc(-c2nc3ccccc3c3c2cc(-c2ccc(-c4ccc5ccc6cccnc6c5n4)cc2)c2ccccc23)c1. The van der Waals surface area contributed by atoms with Crippen LogP contribution < -0.4 is 15.9 Å². The fourth-order valence-electron chi connectivity index (χ4n) is 8.55. The van der Waals surface area contributed by atoms with Crippen LogP contribution in [0.2, 0.25) is 0 Å². The van der Waals surface area contributed by atoms with E-state index in [0.717, 1.165) is 104 Å². The molecule has 0 saturated carbocycles. The maximum atomic E-state index is 15.5. The molecule has 11 aromatic rings. The number of nitrogens with zero attached hydrogens (tertiary/aromatic N) is 3. The Hall–Kier alpha value is -7.26. The van der Waals surface area contributed by atoms with E-state index in [9.17, 15) is 0 Å². The second-order valence-electron chi connectivity index (χ2n) is 14.7. The summed E-state index contributed by atoms with van der Waals surface area (Å²) >= 11 is 0. The van der Waals surface area contributed by atoms with Crippen LogP contribution in [0.15, 0.2) is 206 Å². The van der Waals surface area contributed by atoms with Crippen LogP contribution in [-0.2, 0) is 4.57 Å². The summed E-state index contributed by atoms with van der Waals surface area (Å²) in [7, 11) is -3.22. The van der Waals surface area contributed by atoms with Gasteiger partial charge in [-0.25, -0.2) is 9.97 Å². The van der Waals surface area contributed by atoms with Crippen LogP contribution in [0.1, 0.15) is 0 Å². The van der Waals surface area contributed by atoms with Gasteiger partial charge in [-0.05, 0) is 52.2 Å². The molecule has 0 N–H and O–H groups in total. The summed E-state index contributed by atoms with van der Waals surface area (Å²) in [6.07, 6.45) is 1.83. The third kappa shape index (κ3) is 5.53. The number of para-hydroxylation sites is 1. The Morgan fingerprint density at radius 2 is 1.02 bits per heavy atom. The lowest BCUT2D eigenvalue weighted by atomic mass is 9.89. The third-order valence-corrected chi connectivity index (χ3v) is 14.4. The Morgan fingerprint density at radius 1 is 0.397 bits per heavy atom. The Bertz CT molecular complexity index is 3380. The Labute approximate surface area is 335 Å². The molecule has 0 radical (unpaired) electrons. The predicted octanol–water partition coefficient (Wildman–Crippen LogP) is 12.3. The summed E-state index contributed by atoms with van der Waals surface area (Å²) in [6.45, 7) is 0. The topological polar surface area (TPSA) is 55.7 Å². The van der Waals surface area contributed by atoms with E-state index in [1.54, 1.807) is 0 Å². The van der Waals surface area contributed by atoms with Crippen molar-refractivity contribution in [3.63, 3.8) is 0 Å². The molecular formula is C53H34N3OP. The van der Waals surface area contributed by atoms with E-state index in [-0.39, 0.29) is 0 Å². The van der Waals surface area contributed by atoms with E-state index in [4.69, 9.17) is 9.97 Å². The van der Waals surface area contributed by atoms with Crippen molar-refractivity contribution in [1.82, 2.24) is 15.0 Å². The highest BCUT2D eigenvalue weighted by Gasteiger charge is 2.30. The fourth-order valence-corrected chi connectivity index (χ4v) is 11.2. The van der Waals surface area contributed by atoms with Crippen LogP contribution in [-0.4, -0.2) is 15.0 Å². The van der Waals surface area contributed by atoms with Gasteiger partial charge in [0.2, 0.25) is 0 Å². The molecule has 0 aliphatic rings. The van der Waals surface area contributed by atoms with Crippen LogP contribution in [0.25, 0.3) is 87.9 Å². The smallest absolute Gasteiger partial charge is 0.171 e. The van der Waals surface area contributed by atoms with Gasteiger partial charge in [-0.2, -0.15) is 0 Å². The summed E-state index contributed by atoms with van der Waals surface area (Å²) in [4.78, 5) is 15.2. The quantitative estimate of drug-likeness (QED) is 0.125. The van der Waals surface area contributed by atoms with Crippen molar-refractivity contribution in [1.29, 1.82) is 0 Å². The molecule has 0 aliphatic heterocycles. The lowest BCUT2D eigenvalue weighted by Crippen LogP contribution is -2.25. The minimum atomic E-state index is -3.22. The first kappa shape index (κ1) is 34.0. The fraction of sp³-hybridized carbons (Fsp3) is 0. The van der Waals surface area contributed by atoms with Crippen LogP contribution >= 0.6 is 7.14 Å². The summed E-state index contributed by atoms with van der Waals surface area (Å²) in [5.41, 5.74) is 8.65. The van der Waals surface area contributed by atoms with Gasteiger partial charge in [-0.15, -0.1) is 0 Å². The summed E-state index contributed by atoms with van der Waals surface area (Å²) in [5.74, 6) is 0. The monoisotopic (exact) mass is 759 g/mol. The second kappa shape index (κ2) is 13.7. The van der Waals surface area contributed by atoms with Crippen molar-refractivity contribution in [2.45, 2.75) is 0 Å². The Morgan fingerprint density at radius 3 is 1.78 bits per heavy atom. The molecule has 3 aromatic heterocycles. The zero-order valence-corrected chi connectivity index (χ0v) is 32.2. The van der Waals surface area contributed by atoms with Gasteiger partial charge in [0, 0.05) is 60.2 Å². The van der Waals surface area contributed by atoms with Crippen LogP contribution in [0, 0.1) is 0 Å². The second-order valence-corrected chi connectivity index (χ2v) is 17.5. The maximum Gasteiger partial charge on any atom is 0.171 e. The van der Waals surface area contributed by atoms with Gasteiger partial charge in [-0.3, -0.25) is 4.98 Å². The number of hydrogen-bond acceptors (Lipinski definition) is 4. The van der Waals surface area contributed by atoms with E-state index in [1.807, 2.05) is 91.1 Å². The van der Waals surface area contributed by atoms with E-state index in [0.29, 0.717) is 0 Å². The number of pyridine rings is 3. The molecule has 272 valence electrons. The molecule has 11 rings (SSSR count). The van der Waals surface area contributed by atoms with E-state index >= 15 is 4.57 Å². The molecular weight excluding hydrogens is 726 g/mol. The molecule has 5 heteroatoms. The molecule has 0 bridgehead atoms. The molecule has 4 nitrogen and oxygen atoms in total. The van der Waals surface area contributed by atoms with E-state index in [2.05, 4.69) is 120 Å². The number of aromatic nitrogens is 3. The molecule has 3 heterocycles. The number of benzene rings is 8. The third-order valence-electron chi connectivity index (χ3n) is 11.4. The first-order valence-electron chi connectivity index (χ1n) is 19.5. The van der Waals surface area contributed by atoms with Crippen molar-refractivity contribution in [3.8, 4) is 33.6 Å². The molecule has 0 fully saturated rings. The van der Waals surface area contributed by atoms with Crippen molar-refractivity contribution in [2.75, 3.05) is 0 Å². The van der Waals surface area contributed by atoms with Gasteiger partial charge in [-0.1, -0.05) is 170 Å². The van der Waals surface area contributed by atoms with Gasteiger partial charge >= 0.3 is 0 Å². The summed E-state index contributed by atoms with van der Waals surface area (Å²) in [5, 5.41) is 10.1. The number of fused-ring (bicyclic) bond motifs is 8. The molecule has 58 heavy (non-hydrogen) atoms. The van der Waals surface area contributed by atoms with Gasteiger partial charge < -0.3 is 4.57 Å². The molecule has 0 atom stereocenters. The van der Waals surface area contributed by atoms with Crippen LogP contribution in [0.4, 0.5) is 0 Å². The lowest BCUT2D eigenvalue weighted by Gasteiger charge is -2.21. The molecule has 0 spiro atoms. The molecule has 0 saturated heterocycles. The zero-order valence-electron chi connectivity index (χ0n) is 31.3. The summed E-state index contributed by atoms with van der Waals surface area (Å²) in [6, 6.07) is 68.4. The van der Waals surface area contributed by atoms with E-state index in [1.165, 1.54) is 0 Å². The van der Waals surface area contributed by atoms with Gasteiger partial charge in [0.05, 0.1) is 27.9 Å². The maximum absolute atomic E-state index is 15.5. The molecule has 0 amide bonds. The minimum absolute atomic E-state index is 0.771. The lowest BCUT2D eigenvalue weighted by molar-refractivity contribution is 0.592. The highest BCUT2D eigenvalue weighted by molar-refractivity contribution is 7.85. The minimum Gasteiger partial charge on any atom is -0.309 e. The normalized spacial score (nSPS) is 11.9. The number of hydrogen-bond donors (Lipinski definition) is 0. The standard InChI is InChI=1S/C53H34N3OP/c57-58(40-15-3-1-4-16-40,41-17-5-2-6-18-41)42-19-11-13-39(33-42)51-47-34-46(43-20-7-8-21-44(43)50(47)45-22-9-10-23-49(45)56-51)35-24-26-36(27-25-35)48-31-30-38-29-28-37-14-12-32-54-52(37)53(38)55-48/h1-34H. The Kier molecular flexibility index (Phi) is 8.06. The average Bonchev–Trinajstić information content (AvgIpc) is 3.31. The first-order valence-corrected chi connectivity index (χ1v) is 21.2. The van der Waals surface area contributed by atoms with Crippen molar-refractivity contribution in [2.24, 2.45) is 0 Å². The highest BCUT2D eigenvalue weighted by atomic mass is 31.2. The largest absolute Gasteiger partial charge is 0.309 e. The Balaban J connectivity index is 1.10. The van der Waals surface area contributed by atoms with Gasteiger partial charge in [0.15, 0.2) is 7.14 Å². The van der Waals surface area contributed by atoms with E-state index < -0.39 is 7.14 Å². The van der Waals surface area contributed by atoms with Gasteiger partial charge in [0.1, 0.15) is 0 Å². The molecule has 0 unspecified atom stereocenters. The first-order chi connectivity index (χ1) is 28.6. The van der Waals surface area contributed by atoms with Crippen LogP contribution in [0.5, 0.6) is 0 Å². The number of rotatable bonds is 6. The predicted molar refractivity (Wildman–Crippen MR) is 243 cm³/mol. The highest BCUT2D eigenvalue weighted by Crippen LogP contribution is 2.45. The summed E-state index contributed by atoms with van der Waals surface area (Å²) < 4.78 is 15.5. The van der Waals surface area contributed by atoms with Crippen LogP contribution in [0.3, 0.4) is 0 Å². The molecule has 8 aromatic carbocycles. The molecule has 0 aliphatic carbocycles. The van der Waals surface area contributed by atoms with Crippen molar-refractivity contribution >= 4 is 77.3 Å².